The van der Waals surface area contributed by atoms with Crippen molar-refractivity contribution in [2.75, 3.05) is 5.32 Å². The molecular formula is C22H26N4O3S3. The first kappa shape index (κ1) is 23.2. The van der Waals surface area contributed by atoms with E-state index >= 15 is 0 Å². The van der Waals surface area contributed by atoms with Gasteiger partial charge in [-0.15, -0.1) is 11.3 Å². The van der Waals surface area contributed by atoms with Gasteiger partial charge < -0.3 is 5.32 Å². The van der Waals surface area contributed by atoms with Crippen molar-refractivity contribution in [1.82, 2.24) is 14.7 Å². The molecule has 0 bridgehead atoms. The molecule has 2 aromatic heterocycles. The molecular weight excluding hydrogens is 464 g/mol. The van der Waals surface area contributed by atoms with Gasteiger partial charge in [-0.3, -0.25) is 4.79 Å². The molecule has 0 fully saturated rings. The monoisotopic (exact) mass is 490 g/mol. The van der Waals surface area contributed by atoms with E-state index in [-0.39, 0.29) is 22.1 Å². The van der Waals surface area contributed by atoms with Crippen LogP contribution < -0.4 is 10.0 Å². The predicted molar refractivity (Wildman–Crippen MR) is 130 cm³/mol. The van der Waals surface area contributed by atoms with Crippen molar-refractivity contribution in [3.8, 4) is 0 Å². The minimum atomic E-state index is -3.57. The number of thioether (sulfide) groups is 1. The Kier molecular flexibility index (Phi) is 6.58. The topological polar surface area (TPSA) is 101 Å². The Balaban J connectivity index is 1.48. The average molecular weight is 491 g/mol. The molecule has 2 heterocycles. The lowest BCUT2D eigenvalue weighted by atomic mass is 10.2. The predicted octanol–water partition coefficient (Wildman–Crippen LogP) is 4.29. The lowest BCUT2D eigenvalue weighted by Gasteiger charge is -2.14. The Morgan fingerprint density at radius 2 is 1.84 bits per heavy atom. The van der Waals surface area contributed by atoms with Crippen LogP contribution in [0.15, 0.2) is 34.2 Å². The Labute approximate surface area is 196 Å². The number of nitrogens with zero attached hydrogens (tertiary/aromatic N) is 2. The first-order chi connectivity index (χ1) is 15.1. The van der Waals surface area contributed by atoms with E-state index in [1.165, 1.54) is 34.3 Å². The van der Waals surface area contributed by atoms with E-state index in [4.69, 9.17) is 0 Å². The number of anilines is 1. The molecule has 10 heteroatoms. The molecule has 0 saturated carbocycles. The number of hydrogen-bond acceptors (Lipinski definition) is 7. The van der Waals surface area contributed by atoms with Crippen LogP contribution in [0.4, 0.5) is 5.69 Å². The van der Waals surface area contributed by atoms with E-state index in [0.717, 1.165) is 34.5 Å². The molecule has 1 amide bonds. The second kappa shape index (κ2) is 9.09. The van der Waals surface area contributed by atoms with Gasteiger partial charge in [0, 0.05) is 22.0 Å². The molecule has 7 nitrogen and oxygen atoms in total. The minimum absolute atomic E-state index is 0.164. The molecule has 1 aliphatic rings. The molecule has 1 aliphatic carbocycles. The van der Waals surface area contributed by atoms with Crippen LogP contribution in [0.3, 0.4) is 0 Å². The maximum absolute atomic E-state index is 12.8. The highest BCUT2D eigenvalue weighted by atomic mass is 32.2. The quantitative estimate of drug-likeness (QED) is 0.378. The van der Waals surface area contributed by atoms with Gasteiger partial charge in [0.1, 0.15) is 15.7 Å². The van der Waals surface area contributed by atoms with Gasteiger partial charge in [-0.25, -0.2) is 23.1 Å². The maximum atomic E-state index is 12.8. The third-order valence-electron chi connectivity index (χ3n) is 5.12. The number of hydrogen-bond donors (Lipinski definition) is 2. The molecule has 0 saturated heterocycles. The molecule has 2 N–H and O–H groups in total. The number of thiophene rings is 1. The summed E-state index contributed by atoms with van der Waals surface area (Å²) in [5.74, 6) is 0.543. The fourth-order valence-electron chi connectivity index (χ4n) is 3.71. The smallest absolute Gasteiger partial charge is 0.240 e. The van der Waals surface area contributed by atoms with Crippen LogP contribution in [-0.4, -0.2) is 35.6 Å². The molecule has 0 spiro atoms. The Hall–Kier alpha value is -2.01. The number of fused-ring (bicyclic) bond motifs is 3. The van der Waals surface area contributed by atoms with Crippen molar-refractivity contribution >= 4 is 54.9 Å². The van der Waals surface area contributed by atoms with E-state index in [1.807, 2.05) is 13.8 Å². The van der Waals surface area contributed by atoms with Crippen molar-refractivity contribution in [1.29, 1.82) is 0 Å². The fraction of sp³-hybridized carbons (Fsp3) is 0.409. The van der Waals surface area contributed by atoms with E-state index < -0.39 is 10.0 Å². The van der Waals surface area contributed by atoms with Gasteiger partial charge in [0.25, 0.3) is 0 Å². The summed E-state index contributed by atoms with van der Waals surface area (Å²) in [6.07, 6.45) is 3.29. The summed E-state index contributed by atoms with van der Waals surface area (Å²) in [5.41, 5.74) is 1.89. The van der Waals surface area contributed by atoms with Gasteiger partial charge >= 0.3 is 0 Å². The molecule has 4 rings (SSSR count). The highest BCUT2D eigenvalue weighted by molar-refractivity contribution is 8.00. The largest absolute Gasteiger partial charge is 0.325 e. The normalized spacial score (nSPS) is 14.7. The van der Waals surface area contributed by atoms with E-state index in [9.17, 15) is 13.2 Å². The number of carbonyl (C=O) groups is 1. The molecule has 3 aromatic rings. The number of carbonyl (C=O) groups excluding carboxylic acids is 1. The van der Waals surface area contributed by atoms with Crippen LogP contribution in [0, 0.1) is 6.92 Å². The Morgan fingerprint density at radius 3 is 2.53 bits per heavy atom. The average Bonchev–Trinajstić information content (AvgIpc) is 3.27. The van der Waals surface area contributed by atoms with Crippen LogP contribution in [0.1, 0.15) is 43.5 Å². The van der Waals surface area contributed by atoms with E-state index in [2.05, 4.69) is 20.0 Å². The summed E-state index contributed by atoms with van der Waals surface area (Å²) in [4.78, 5) is 24.6. The first-order valence-corrected chi connectivity index (χ1v) is 13.7. The third kappa shape index (κ3) is 4.83. The van der Waals surface area contributed by atoms with Gasteiger partial charge in [-0.2, -0.15) is 0 Å². The van der Waals surface area contributed by atoms with Gasteiger partial charge in [-0.1, -0.05) is 11.8 Å². The van der Waals surface area contributed by atoms with Crippen molar-refractivity contribution in [3.05, 3.63) is 40.5 Å². The van der Waals surface area contributed by atoms with Crippen LogP contribution in [0.2, 0.25) is 0 Å². The molecule has 1 aromatic carbocycles. The van der Waals surface area contributed by atoms with Crippen LogP contribution >= 0.6 is 23.1 Å². The summed E-state index contributed by atoms with van der Waals surface area (Å²) in [6, 6.07) is 5.98. The number of rotatable bonds is 7. The Morgan fingerprint density at radius 1 is 1.12 bits per heavy atom. The molecule has 0 aliphatic heterocycles. The highest BCUT2D eigenvalue weighted by Gasteiger charge is 2.25. The molecule has 32 heavy (non-hydrogen) atoms. The number of aryl methyl sites for hydroxylation is 3. The second-order valence-electron chi connectivity index (χ2n) is 8.16. The van der Waals surface area contributed by atoms with E-state index in [0.29, 0.717) is 11.5 Å². The Bertz CT molecular complexity index is 1270. The number of sulfonamides is 1. The van der Waals surface area contributed by atoms with Crippen molar-refractivity contribution in [2.24, 2.45) is 0 Å². The number of nitrogens with one attached hydrogen (secondary N) is 2. The third-order valence-corrected chi connectivity index (χ3v) is 9.07. The minimum Gasteiger partial charge on any atom is -0.325 e. The SMILES string of the molecule is Cc1nc(SC(C)C(=O)Nc2ccc(S(=O)(=O)NC(C)C)cc2)c2c3c(sc2n1)CCC3. The van der Waals surface area contributed by atoms with Crippen molar-refractivity contribution in [3.63, 3.8) is 0 Å². The zero-order valence-corrected chi connectivity index (χ0v) is 20.9. The summed E-state index contributed by atoms with van der Waals surface area (Å²) in [7, 11) is -3.57. The van der Waals surface area contributed by atoms with Gasteiger partial charge in [-0.05, 0) is 76.8 Å². The van der Waals surface area contributed by atoms with Crippen molar-refractivity contribution < 1.29 is 13.2 Å². The van der Waals surface area contributed by atoms with Gasteiger partial charge in [0.15, 0.2) is 0 Å². The summed E-state index contributed by atoms with van der Waals surface area (Å²) < 4.78 is 27.1. The van der Waals surface area contributed by atoms with Gasteiger partial charge in [0.05, 0.1) is 10.1 Å². The summed E-state index contributed by atoms with van der Waals surface area (Å²) in [5, 5.41) is 4.45. The fourth-order valence-corrected chi connectivity index (χ4v) is 7.36. The number of aromatic nitrogens is 2. The second-order valence-corrected chi connectivity index (χ2v) is 12.3. The van der Waals surface area contributed by atoms with Crippen LogP contribution in [-0.2, 0) is 27.7 Å². The number of benzene rings is 1. The highest BCUT2D eigenvalue weighted by Crippen LogP contribution is 2.41. The molecule has 0 radical (unpaired) electrons. The number of amides is 1. The standard InChI is InChI=1S/C22H26N4O3S3/c1-12(2)26-32(28,29)16-10-8-15(9-11-16)25-20(27)13(3)30-21-19-17-6-5-7-18(17)31-22(19)24-14(4)23-21/h8-13,26H,5-7H2,1-4H3,(H,25,27). The zero-order valence-electron chi connectivity index (χ0n) is 18.4. The lowest BCUT2D eigenvalue weighted by Crippen LogP contribution is -2.30. The van der Waals surface area contributed by atoms with Gasteiger partial charge in [0.2, 0.25) is 15.9 Å². The summed E-state index contributed by atoms with van der Waals surface area (Å²) >= 11 is 3.18. The van der Waals surface area contributed by atoms with E-state index in [1.54, 1.807) is 37.3 Å². The molecule has 1 atom stereocenters. The van der Waals surface area contributed by atoms with Crippen molar-refractivity contribution in [2.45, 2.75) is 68.2 Å². The van der Waals surface area contributed by atoms with Crippen LogP contribution in [0.5, 0.6) is 0 Å². The molecule has 1 unspecified atom stereocenters. The molecule has 170 valence electrons. The first-order valence-electron chi connectivity index (χ1n) is 10.5. The maximum Gasteiger partial charge on any atom is 0.240 e. The lowest BCUT2D eigenvalue weighted by molar-refractivity contribution is -0.115. The van der Waals surface area contributed by atoms with Crippen LogP contribution in [0.25, 0.3) is 10.2 Å². The zero-order chi connectivity index (χ0) is 23.0. The summed E-state index contributed by atoms with van der Waals surface area (Å²) in [6.45, 7) is 7.26.